The Labute approximate surface area is 150 Å². The number of amides is 1. The van der Waals surface area contributed by atoms with Crippen molar-refractivity contribution in [1.29, 1.82) is 0 Å². The molecule has 0 atom stereocenters. The summed E-state index contributed by atoms with van der Waals surface area (Å²) in [5.74, 6) is 0.226. The van der Waals surface area contributed by atoms with E-state index in [-0.39, 0.29) is 17.5 Å². The molecule has 0 aliphatic heterocycles. The van der Waals surface area contributed by atoms with E-state index in [1.165, 1.54) is 36.0 Å². The Bertz CT molecular complexity index is 852. The van der Waals surface area contributed by atoms with E-state index < -0.39 is 0 Å². The molecule has 3 aromatic rings. The van der Waals surface area contributed by atoms with Crippen molar-refractivity contribution < 1.29 is 13.6 Å². The van der Waals surface area contributed by atoms with Crippen molar-refractivity contribution in [2.75, 3.05) is 11.1 Å². The normalized spacial score (nSPS) is 10.6. The number of thioether (sulfide) groups is 1. The number of carbonyl (C=O) groups excluding carboxylic acids is 1. The Morgan fingerprint density at radius 1 is 1.25 bits per heavy atom. The van der Waals surface area contributed by atoms with Gasteiger partial charge in [0.1, 0.15) is 5.82 Å². The predicted molar refractivity (Wildman–Crippen MR) is 95.4 cm³/mol. The molecule has 1 aromatic heterocycles. The van der Waals surface area contributed by atoms with Crippen LogP contribution >= 0.6 is 27.7 Å². The maximum absolute atomic E-state index is 12.8. The number of anilines is 1. The lowest BCUT2D eigenvalue weighted by Gasteiger charge is -2.03. The van der Waals surface area contributed by atoms with Gasteiger partial charge in [-0.2, -0.15) is 0 Å². The van der Waals surface area contributed by atoms with E-state index in [1.807, 2.05) is 24.3 Å². The number of halogens is 2. The molecule has 0 aliphatic carbocycles. The molecule has 0 radical (unpaired) electrons. The molecule has 7 heteroatoms. The number of carbonyl (C=O) groups is 1. The Hall–Kier alpha value is -2.12. The summed E-state index contributed by atoms with van der Waals surface area (Å²) >= 11 is 4.60. The Kier molecular flexibility index (Phi) is 5.32. The van der Waals surface area contributed by atoms with E-state index in [0.717, 1.165) is 10.0 Å². The lowest BCUT2D eigenvalue weighted by Crippen LogP contribution is -2.13. The second-order valence-electron chi connectivity index (χ2n) is 4.84. The van der Waals surface area contributed by atoms with Crippen molar-refractivity contribution in [2.24, 2.45) is 0 Å². The van der Waals surface area contributed by atoms with Crippen molar-refractivity contribution in [3.05, 3.63) is 65.0 Å². The van der Waals surface area contributed by atoms with Crippen LogP contribution in [-0.2, 0) is 4.79 Å². The zero-order valence-electron chi connectivity index (χ0n) is 12.3. The Morgan fingerprint density at radius 2 is 2.04 bits per heavy atom. The largest absolute Gasteiger partial charge is 0.431 e. The second kappa shape index (κ2) is 7.63. The molecule has 0 saturated heterocycles. The molecule has 1 heterocycles. The summed E-state index contributed by atoms with van der Waals surface area (Å²) in [5.41, 5.74) is 1.45. The molecule has 4 nitrogen and oxygen atoms in total. The third kappa shape index (κ3) is 4.46. The molecule has 0 fully saturated rings. The molecule has 0 spiro atoms. The number of nitrogens with one attached hydrogen (secondary N) is 1. The number of oxazole rings is 1. The van der Waals surface area contributed by atoms with Gasteiger partial charge in [0.15, 0.2) is 5.76 Å². The van der Waals surface area contributed by atoms with E-state index in [0.29, 0.717) is 16.7 Å². The molecular weight excluding hydrogens is 395 g/mol. The third-order valence-electron chi connectivity index (χ3n) is 3.05. The fourth-order valence-electron chi connectivity index (χ4n) is 1.96. The molecule has 1 amide bonds. The van der Waals surface area contributed by atoms with Gasteiger partial charge in [-0.3, -0.25) is 4.79 Å². The lowest BCUT2D eigenvalue weighted by atomic mass is 10.2. The van der Waals surface area contributed by atoms with E-state index in [4.69, 9.17) is 4.42 Å². The fourth-order valence-corrected chi connectivity index (χ4v) is 2.96. The molecule has 0 aliphatic rings. The first-order chi connectivity index (χ1) is 11.6. The Balaban J connectivity index is 1.57. The van der Waals surface area contributed by atoms with E-state index in [2.05, 4.69) is 26.2 Å². The zero-order chi connectivity index (χ0) is 16.9. The van der Waals surface area contributed by atoms with Gasteiger partial charge in [0.2, 0.25) is 5.91 Å². The molecule has 0 unspecified atom stereocenters. The minimum Gasteiger partial charge on any atom is -0.431 e. The highest BCUT2D eigenvalue weighted by molar-refractivity contribution is 9.10. The molecule has 3 rings (SSSR count). The number of aromatic nitrogens is 1. The van der Waals surface area contributed by atoms with Crippen molar-refractivity contribution in [3.63, 3.8) is 0 Å². The van der Waals surface area contributed by atoms with Gasteiger partial charge in [-0.15, -0.1) is 0 Å². The number of hydrogen-bond acceptors (Lipinski definition) is 4. The van der Waals surface area contributed by atoms with Gasteiger partial charge in [-0.05, 0) is 36.4 Å². The maximum Gasteiger partial charge on any atom is 0.256 e. The standard InChI is InChI=1S/C17H12BrFN2O2S/c18-12-3-1-2-11(8-12)15-9-20-17(23-15)24-10-16(22)21-14-6-4-13(19)5-7-14/h1-9H,10H2,(H,21,22). The molecule has 1 N–H and O–H groups in total. The first kappa shape index (κ1) is 16.7. The topological polar surface area (TPSA) is 55.1 Å². The smallest absolute Gasteiger partial charge is 0.256 e. The van der Waals surface area contributed by atoms with Crippen LogP contribution in [0.1, 0.15) is 0 Å². The van der Waals surface area contributed by atoms with Crippen LogP contribution in [0.3, 0.4) is 0 Å². The molecule has 122 valence electrons. The van der Waals surface area contributed by atoms with Crippen molar-refractivity contribution in [1.82, 2.24) is 4.98 Å². The Morgan fingerprint density at radius 3 is 2.79 bits per heavy atom. The van der Waals surface area contributed by atoms with E-state index in [1.54, 1.807) is 6.20 Å². The van der Waals surface area contributed by atoms with Crippen LogP contribution < -0.4 is 5.32 Å². The van der Waals surface area contributed by atoms with E-state index in [9.17, 15) is 9.18 Å². The summed E-state index contributed by atoms with van der Waals surface area (Å²) in [6, 6.07) is 13.3. The fraction of sp³-hybridized carbons (Fsp3) is 0.0588. The minimum atomic E-state index is -0.345. The van der Waals surface area contributed by atoms with Crippen LogP contribution in [0.4, 0.5) is 10.1 Å². The van der Waals surface area contributed by atoms with Gasteiger partial charge in [-0.25, -0.2) is 9.37 Å². The number of benzene rings is 2. The van der Waals surface area contributed by atoms with Crippen LogP contribution in [0, 0.1) is 5.82 Å². The molecule has 0 saturated carbocycles. The first-order valence-corrected chi connectivity index (χ1v) is 8.78. The van der Waals surface area contributed by atoms with Crippen molar-refractivity contribution in [3.8, 4) is 11.3 Å². The van der Waals surface area contributed by atoms with Crippen molar-refractivity contribution in [2.45, 2.75) is 5.22 Å². The molecular formula is C17H12BrFN2O2S. The maximum atomic E-state index is 12.8. The van der Waals surface area contributed by atoms with Crippen LogP contribution in [0.2, 0.25) is 0 Å². The zero-order valence-corrected chi connectivity index (χ0v) is 14.7. The SMILES string of the molecule is O=C(CSc1ncc(-c2cccc(Br)c2)o1)Nc1ccc(F)cc1. The number of hydrogen-bond donors (Lipinski definition) is 1. The minimum absolute atomic E-state index is 0.149. The van der Waals surface area contributed by atoms with Gasteiger partial charge in [0, 0.05) is 15.7 Å². The first-order valence-electron chi connectivity index (χ1n) is 7.00. The molecule has 2 aromatic carbocycles. The highest BCUT2D eigenvalue weighted by Crippen LogP contribution is 2.27. The van der Waals surface area contributed by atoms with Gasteiger partial charge in [-0.1, -0.05) is 39.8 Å². The quantitative estimate of drug-likeness (QED) is 0.607. The van der Waals surface area contributed by atoms with Crippen LogP contribution in [0.5, 0.6) is 0 Å². The summed E-state index contributed by atoms with van der Waals surface area (Å²) in [6.07, 6.45) is 1.63. The second-order valence-corrected chi connectivity index (χ2v) is 6.69. The lowest BCUT2D eigenvalue weighted by molar-refractivity contribution is -0.113. The van der Waals surface area contributed by atoms with Gasteiger partial charge in [0.25, 0.3) is 5.22 Å². The summed E-state index contributed by atoms with van der Waals surface area (Å²) in [6.45, 7) is 0. The van der Waals surface area contributed by atoms with Gasteiger partial charge >= 0.3 is 0 Å². The average molecular weight is 407 g/mol. The van der Waals surface area contributed by atoms with Gasteiger partial charge in [0.05, 0.1) is 11.9 Å². The van der Waals surface area contributed by atoms with Crippen LogP contribution in [0.25, 0.3) is 11.3 Å². The average Bonchev–Trinajstić information content (AvgIpc) is 3.04. The summed E-state index contributed by atoms with van der Waals surface area (Å²) in [4.78, 5) is 16.1. The highest BCUT2D eigenvalue weighted by Gasteiger charge is 2.10. The summed E-state index contributed by atoms with van der Waals surface area (Å²) in [5, 5.41) is 3.10. The van der Waals surface area contributed by atoms with Gasteiger partial charge < -0.3 is 9.73 Å². The number of rotatable bonds is 5. The molecule has 24 heavy (non-hydrogen) atoms. The number of nitrogens with zero attached hydrogens (tertiary/aromatic N) is 1. The van der Waals surface area contributed by atoms with Crippen LogP contribution in [-0.4, -0.2) is 16.6 Å². The van der Waals surface area contributed by atoms with E-state index >= 15 is 0 Å². The predicted octanol–water partition coefficient (Wildman–Crippen LogP) is 4.97. The summed E-state index contributed by atoms with van der Waals surface area (Å²) < 4.78 is 19.4. The highest BCUT2D eigenvalue weighted by atomic mass is 79.9. The summed E-state index contributed by atoms with van der Waals surface area (Å²) in [7, 11) is 0. The van der Waals surface area contributed by atoms with Crippen LogP contribution in [0.15, 0.2) is 68.8 Å². The monoisotopic (exact) mass is 406 g/mol. The van der Waals surface area contributed by atoms with Crippen molar-refractivity contribution >= 4 is 39.3 Å². The third-order valence-corrected chi connectivity index (χ3v) is 4.38. The molecule has 0 bridgehead atoms.